The fourth-order valence-corrected chi connectivity index (χ4v) is 4.34. The number of imide groups is 1. The number of carbonyl (C=O) groups is 3. The quantitative estimate of drug-likeness (QED) is 0.601. The van der Waals surface area contributed by atoms with Crippen molar-refractivity contribution < 1.29 is 14.4 Å². The minimum Gasteiger partial charge on any atom is -0.336 e. The number of hydrogen-bond donors (Lipinski definition) is 0. The van der Waals surface area contributed by atoms with E-state index >= 15 is 0 Å². The van der Waals surface area contributed by atoms with Gasteiger partial charge in [0.05, 0.1) is 16.8 Å². The first kappa shape index (κ1) is 20.2. The molecule has 2 aliphatic rings. The maximum atomic E-state index is 13.1. The Kier molecular flexibility index (Phi) is 5.29. The number of fused-ring (bicyclic) bond motifs is 1. The topological polar surface area (TPSA) is 60.9 Å². The molecule has 0 aromatic heterocycles. The molecule has 6 heteroatoms. The third-order valence-corrected chi connectivity index (χ3v) is 6.05. The van der Waals surface area contributed by atoms with Gasteiger partial charge in [0.15, 0.2) is 0 Å². The van der Waals surface area contributed by atoms with E-state index in [9.17, 15) is 14.4 Å². The van der Waals surface area contributed by atoms with E-state index < -0.39 is 0 Å². The van der Waals surface area contributed by atoms with Crippen LogP contribution in [0.5, 0.6) is 0 Å². The third kappa shape index (κ3) is 3.69. The largest absolute Gasteiger partial charge is 0.336 e. The first-order chi connectivity index (χ1) is 15.6. The molecule has 3 aromatic rings. The number of anilines is 1. The molecule has 0 unspecified atom stereocenters. The van der Waals surface area contributed by atoms with E-state index in [0.717, 1.165) is 24.5 Å². The third-order valence-electron chi connectivity index (χ3n) is 6.05. The number of benzene rings is 3. The van der Waals surface area contributed by atoms with E-state index in [1.807, 2.05) is 23.1 Å². The highest BCUT2D eigenvalue weighted by molar-refractivity contribution is 6.34. The average Bonchev–Trinajstić information content (AvgIpc) is 3.10. The molecule has 0 aliphatic carbocycles. The summed E-state index contributed by atoms with van der Waals surface area (Å²) in [4.78, 5) is 44.0. The van der Waals surface area contributed by atoms with Gasteiger partial charge < -0.3 is 4.90 Å². The molecular weight excluding hydrogens is 402 g/mol. The molecule has 6 nitrogen and oxygen atoms in total. The molecular formula is C26H23N3O3. The van der Waals surface area contributed by atoms with Crippen LogP contribution in [-0.2, 0) is 6.54 Å². The molecule has 0 spiro atoms. The normalized spacial score (nSPS) is 16.4. The van der Waals surface area contributed by atoms with Gasteiger partial charge in [-0.1, -0.05) is 48.5 Å². The maximum Gasteiger partial charge on any atom is 0.266 e. The van der Waals surface area contributed by atoms with E-state index in [1.54, 1.807) is 48.5 Å². The highest BCUT2D eigenvalue weighted by Gasteiger charge is 2.36. The van der Waals surface area contributed by atoms with E-state index in [-0.39, 0.29) is 17.7 Å². The fourth-order valence-electron chi connectivity index (χ4n) is 4.34. The molecule has 160 valence electrons. The van der Waals surface area contributed by atoms with Gasteiger partial charge in [-0.05, 0) is 35.9 Å². The molecule has 3 aromatic carbocycles. The van der Waals surface area contributed by atoms with Crippen molar-refractivity contribution in [1.29, 1.82) is 0 Å². The Balaban J connectivity index is 1.28. The van der Waals surface area contributed by atoms with Gasteiger partial charge in [0.2, 0.25) is 0 Å². The molecule has 2 aliphatic heterocycles. The molecule has 3 amide bonds. The van der Waals surface area contributed by atoms with Gasteiger partial charge >= 0.3 is 0 Å². The molecule has 1 saturated heterocycles. The summed E-state index contributed by atoms with van der Waals surface area (Å²) in [7, 11) is 0. The molecule has 32 heavy (non-hydrogen) atoms. The first-order valence-electron chi connectivity index (χ1n) is 10.8. The van der Waals surface area contributed by atoms with Crippen LogP contribution in [0.4, 0.5) is 5.69 Å². The molecule has 0 bridgehead atoms. The second kappa shape index (κ2) is 8.40. The van der Waals surface area contributed by atoms with Crippen molar-refractivity contribution in [1.82, 2.24) is 9.80 Å². The van der Waals surface area contributed by atoms with E-state index in [0.29, 0.717) is 35.5 Å². The van der Waals surface area contributed by atoms with Gasteiger partial charge in [-0.3, -0.25) is 19.3 Å². The average molecular weight is 425 g/mol. The van der Waals surface area contributed by atoms with Crippen LogP contribution in [0.2, 0.25) is 0 Å². The van der Waals surface area contributed by atoms with Crippen LogP contribution in [0, 0.1) is 0 Å². The van der Waals surface area contributed by atoms with Crippen LogP contribution in [0.25, 0.3) is 0 Å². The Morgan fingerprint density at radius 3 is 2.00 bits per heavy atom. The second-order valence-corrected chi connectivity index (χ2v) is 8.10. The zero-order chi connectivity index (χ0) is 22.1. The monoisotopic (exact) mass is 425 g/mol. The Bertz CT molecular complexity index is 1150. The minimum atomic E-state index is -0.357. The van der Waals surface area contributed by atoms with Crippen molar-refractivity contribution in [2.75, 3.05) is 31.1 Å². The van der Waals surface area contributed by atoms with Crippen LogP contribution >= 0.6 is 0 Å². The SMILES string of the molecule is O=C(c1cccc(N2C(=O)c3ccccc3C2=O)c1)N1CCN(Cc2ccccc2)CC1. The standard InChI is InChI=1S/C26H23N3O3/c30-24(28-15-13-27(14-16-28)18-19-7-2-1-3-8-19)20-9-6-10-21(17-20)29-25(31)22-11-4-5-12-23(22)26(29)32/h1-12,17H,13-16,18H2. The lowest BCUT2D eigenvalue weighted by Gasteiger charge is -2.35. The summed E-state index contributed by atoms with van der Waals surface area (Å²) in [6, 6.07) is 23.9. The molecule has 5 rings (SSSR count). The van der Waals surface area contributed by atoms with Crippen molar-refractivity contribution in [3.05, 3.63) is 101 Å². The molecule has 2 heterocycles. The van der Waals surface area contributed by atoms with E-state index in [1.165, 1.54) is 5.56 Å². The molecule has 0 saturated carbocycles. The van der Waals surface area contributed by atoms with Crippen molar-refractivity contribution in [2.24, 2.45) is 0 Å². The van der Waals surface area contributed by atoms with Crippen LogP contribution in [0.15, 0.2) is 78.9 Å². The van der Waals surface area contributed by atoms with Crippen molar-refractivity contribution in [2.45, 2.75) is 6.54 Å². The van der Waals surface area contributed by atoms with Gasteiger partial charge in [-0.25, -0.2) is 4.90 Å². The van der Waals surface area contributed by atoms with Crippen LogP contribution < -0.4 is 4.90 Å². The lowest BCUT2D eigenvalue weighted by molar-refractivity contribution is 0.0628. The van der Waals surface area contributed by atoms with Crippen LogP contribution in [-0.4, -0.2) is 53.7 Å². The Morgan fingerprint density at radius 2 is 1.34 bits per heavy atom. The number of amides is 3. The minimum absolute atomic E-state index is 0.0807. The number of nitrogens with zero attached hydrogens (tertiary/aromatic N) is 3. The van der Waals surface area contributed by atoms with Gasteiger partial charge in [-0.15, -0.1) is 0 Å². The predicted octanol–water partition coefficient (Wildman–Crippen LogP) is 3.45. The Morgan fingerprint density at radius 1 is 0.719 bits per heavy atom. The van der Waals surface area contributed by atoms with Crippen molar-refractivity contribution in [3.8, 4) is 0 Å². The molecule has 0 N–H and O–H groups in total. The van der Waals surface area contributed by atoms with E-state index in [2.05, 4.69) is 17.0 Å². The lowest BCUT2D eigenvalue weighted by atomic mass is 10.1. The van der Waals surface area contributed by atoms with E-state index in [4.69, 9.17) is 0 Å². The van der Waals surface area contributed by atoms with Gasteiger partial charge in [-0.2, -0.15) is 0 Å². The Labute approximate surface area is 186 Å². The molecule has 0 radical (unpaired) electrons. The second-order valence-electron chi connectivity index (χ2n) is 8.10. The number of rotatable bonds is 4. The molecule has 1 fully saturated rings. The maximum absolute atomic E-state index is 13.1. The summed E-state index contributed by atoms with van der Waals surface area (Å²) in [6.45, 7) is 3.77. The summed E-state index contributed by atoms with van der Waals surface area (Å²) in [5.74, 6) is -0.794. The lowest BCUT2D eigenvalue weighted by Crippen LogP contribution is -2.48. The fraction of sp³-hybridized carbons (Fsp3) is 0.192. The number of piperazine rings is 1. The summed E-state index contributed by atoms with van der Waals surface area (Å²) in [5, 5.41) is 0. The first-order valence-corrected chi connectivity index (χ1v) is 10.8. The summed E-state index contributed by atoms with van der Waals surface area (Å²) >= 11 is 0. The Hall–Kier alpha value is -3.77. The number of hydrogen-bond acceptors (Lipinski definition) is 4. The summed E-state index contributed by atoms with van der Waals surface area (Å²) in [5.41, 5.74) is 2.95. The molecule has 0 atom stereocenters. The van der Waals surface area contributed by atoms with Crippen LogP contribution in [0.1, 0.15) is 36.6 Å². The van der Waals surface area contributed by atoms with Crippen LogP contribution in [0.3, 0.4) is 0 Å². The van der Waals surface area contributed by atoms with Gasteiger partial charge in [0.25, 0.3) is 17.7 Å². The highest BCUT2D eigenvalue weighted by atomic mass is 16.2. The van der Waals surface area contributed by atoms with Gasteiger partial charge in [0.1, 0.15) is 0 Å². The van der Waals surface area contributed by atoms with Crippen molar-refractivity contribution in [3.63, 3.8) is 0 Å². The predicted molar refractivity (Wildman–Crippen MR) is 122 cm³/mol. The zero-order valence-corrected chi connectivity index (χ0v) is 17.6. The van der Waals surface area contributed by atoms with Gasteiger partial charge in [0, 0.05) is 38.3 Å². The van der Waals surface area contributed by atoms with Crippen molar-refractivity contribution >= 4 is 23.4 Å². The highest BCUT2D eigenvalue weighted by Crippen LogP contribution is 2.29. The summed E-state index contributed by atoms with van der Waals surface area (Å²) in [6.07, 6.45) is 0. The number of carbonyl (C=O) groups excluding carboxylic acids is 3. The summed E-state index contributed by atoms with van der Waals surface area (Å²) < 4.78 is 0. The smallest absolute Gasteiger partial charge is 0.266 e. The zero-order valence-electron chi connectivity index (χ0n) is 17.6.